The van der Waals surface area contributed by atoms with Gasteiger partial charge in [-0.25, -0.2) is 0 Å². The van der Waals surface area contributed by atoms with E-state index in [1.807, 2.05) is 73.2 Å². The molecule has 0 bridgehead atoms. The number of ether oxygens (including phenoxy) is 4. The Morgan fingerprint density at radius 2 is 1.23 bits per heavy atom. The van der Waals surface area contributed by atoms with Crippen LogP contribution in [0.3, 0.4) is 0 Å². The summed E-state index contributed by atoms with van der Waals surface area (Å²) >= 11 is 6.14. The van der Waals surface area contributed by atoms with E-state index in [0.717, 1.165) is 66.7 Å². The summed E-state index contributed by atoms with van der Waals surface area (Å²) in [6.07, 6.45) is 6.51. The molecule has 2 aromatic heterocycles. The van der Waals surface area contributed by atoms with Crippen LogP contribution in [-0.4, -0.2) is 51.2 Å². The van der Waals surface area contributed by atoms with E-state index in [4.69, 9.17) is 35.5 Å². The molecule has 2 heterocycles. The van der Waals surface area contributed by atoms with Gasteiger partial charge in [-0.3, -0.25) is 4.99 Å². The van der Waals surface area contributed by atoms with Crippen LogP contribution in [0.2, 0.25) is 5.02 Å². The van der Waals surface area contributed by atoms with Gasteiger partial charge in [0.05, 0.1) is 50.4 Å². The maximum absolute atomic E-state index is 6.14. The zero-order chi connectivity index (χ0) is 29.9. The number of aromatic nitrogens is 2. The second-order valence-corrected chi connectivity index (χ2v) is 10.5. The first-order valence-corrected chi connectivity index (χ1v) is 14.3. The molecular formula is C35H32ClN3O4. The van der Waals surface area contributed by atoms with E-state index in [-0.39, 0.29) is 0 Å². The molecule has 0 radical (unpaired) electrons. The minimum Gasteiger partial charge on any atom is -0.496 e. The number of methoxy groups -OCH3 is 4. The van der Waals surface area contributed by atoms with E-state index >= 15 is 0 Å². The van der Waals surface area contributed by atoms with Gasteiger partial charge < -0.3 is 28.9 Å². The summed E-state index contributed by atoms with van der Waals surface area (Å²) in [6, 6.07) is 21.9. The molecule has 0 unspecified atom stereocenters. The number of hydrogen-bond acceptors (Lipinski definition) is 5. The Labute approximate surface area is 255 Å². The highest BCUT2D eigenvalue weighted by Gasteiger charge is 2.20. The van der Waals surface area contributed by atoms with Gasteiger partial charge in [0, 0.05) is 64.4 Å². The van der Waals surface area contributed by atoms with Gasteiger partial charge in [0.25, 0.3) is 0 Å². The van der Waals surface area contributed by atoms with E-state index in [1.165, 1.54) is 0 Å². The van der Waals surface area contributed by atoms with Gasteiger partial charge in [-0.05, 0) is 29.7 Å². The van der Waals surface area contributed by atoms with Crippen molar-refractivity contribution in [1.29, 1.82) is 0 Å². The summed E-state index contributed by atoms with van der Waals surface area (Å²) in [4.78, 5) is 11.8. The topological polar surface area (TPSA) is 80.9 Å². The Morgan fingerprint density at radius 3 is 1.86 bits per heavy atom. The first kappa shape index (κ1) is 28.2. The Hall–Kier alpha value is -4.88. The van der Waals surface area contributed by atoms with Crippen molar-refractivity contribution in [2.45, 2.75) is 6.42 Å². The monoisotopic (exact) mass is 593 g/mol. The molecule has 0 saturated heterocycles. The Balaban J connectivity index is 1.36. The number of nitrogens with one attached hydrogen (secondary N) is 2. The van der Waals surface area contributed by atoms with Gasteiger partial charge in [0.2, 0.25) is 0 Å². The van der Waals surface area contributed by atoms with Gasteiger partial charge in [-0.15, -0.1) is 0 Å². The molecule has 43 heavy (non-hydrogen) atoms. The number of halogens is 1. The average molecular weight is 594 g/mol. The zero-order valence-corrected chi connectivity index (χ0v) is 25.2. The highest BCUT2D eigenvalue weighted by Crippen LogP contribution is 2.42. The van der Waals surface area contributed by atoms with Crippen molar-refractivity contribution >= 4 is 39.6 Å². The fourth-order valence-electron chi connectivity index (χ4n) is 5.69. The van der Waals surface area contributed by atoms with E-state index in [9.17, 15) is 0 Å². The maximum Gasteiger partial charge on any atom is 0.133 e. The quantitative estimate of drug-likeness (QED) is 0.156. The number of H-pyrrole nitrogens is 2. The van der Waals surface area contributed by atoms with E-state index in [0.29, 0.717) is 29.5 Å². The van der Waals surface area contributed by atoms with E-state index in [1.54, 1.807) is 28.4 Å². The van der Waals surface area contributed by atoms with Crippen LogP contribution in [0, 0.1) is 0 Å². The van der Waals surface area contributed by atoms with Gasteiger partial charge >= 0.3 is 0 Å². The minimum absolute atomic E-state index is 0.527. The first-order valence-electron chi connectivity index (χ1n) is 13.9. The van der Waals surface area contributed by atoms with Gasteiger partial charge in [0.15, 0.2) is 0 Å². The first-order chi connectivity index (χ1) is 21.1. The molecule has 0 amide bonds. The molecule has 6 aromatic rings. The maximum atomic E-state index is 6.14. The van der Waals surface area contributed by atoms with Crippen LogP contribution in [0.15, 0.2) is 84.1 Å². The fraction of sp³-hybridized carbons (Fsp3) is 0.171. The van der Waals surface area contributed by atoms with Crippen molar-refractivity contribution in [2.24, 2.45) is 4.99 Å². The molecule has 8 heteroatoms. The second kappa shape index (κ2) is 12.2. The molecule has 0 fully saturated rings. The van der Waals surface area contributed by atoms with Crippen molar-refractivity contribution < 1.29 is 18.9 Å². The summed E-state index contributed by atoms with van der Waals surface area (Å²) in [6.45, 7) is 0.527. The molecule has 0 aliphatic heterocycles. The van der Waals surface area contributed by atoms with Gasteiger partial charge in [0.1, 0.15) is 23.0 Å². The third-order valence-corrected chi connectivity index (χ3v) is 7.99. The molecule has 2 N–H and O–H groups in total. The lowest BCUT2D eigenvalue weighted by Gasteiger charge is -2.14. The Kier molecular flexibility index (Phi) is 7.99. The SMILES string of the molecule is COc1cc(OC)c2c(-c3ccc(Cl)cc3)c[nH]c2c1C=NCCc1c(OC)cc(OC)c2c(-c3ccccc3)c[nH]c12. The molecule has 4 aromatic carbocycles. The lowest BCUT2D eigenvalue weighted by atomic mass is 10.00. The van der Waals surface area contributed by atoms with Crippen LogP contribution < -0.4 is 18.9 Å². The van der Waals surface area contributed by atoms with Crippen molar-refractivity contribution in [3.8, 4) is 45.3 Å². The minimum atomic E-state index is 0.527. The van der Waals surface area contributed by atoms with Gasteiger partial charge in [-0.1, -0.05) is 54.1 Å². The van der Waals surface area contributed by atoms with E-state index in [2.05, 4.69) is 22.1 Å². The molecule has 6 rings (SSSR count). The zero-order valence-electron chi connectivity index (χ0n) is 24.5. The number of fused-ring (bicyclic) bond motifs is 2. The molecular weight excluding hydrogens is 562 g/mol. The molecule has 0 atom stereocenters. The lowest BCUT2D eigenvalue weighted by molar-refractivity contribution is 0.394. The van der Waals surface area contributed by atoms with Crippen molar-refractivity contribution in [3.05, 3.63) is 95.3 Å². The summed E-state index contributed by atoms with van der Waals surface area (Å²) in [5.41, 5.74) is 7.96. The molecule has 0 aliphatic carbocycles. The average Bonchev–Trinajstić information content (AvgIpc) is 3.69. The van der Waals surface area contributed by atoms with E-state index < -0.39 is 0 Å². The summed E-state index contributed by atoms with van der Waals surface area (Å²) in [7, 11) is 6.67. The van der Waals surface area contributed by atoms with Crippen LogP contribution in [0.4, 0.5) is 0 Å². The number of aromatic amines is 2. The normalized spacial score (nSPS) is 11.5. The number of nitrogens with zero attached hydrogens (tertiary/aromatic N) is 1. The third kappa shape index (κ3) is 5.17. The lowest BCUT2D eigenvalue weighted by Crippen LogP contribution is -2.00. The molecule has 218 valence electrons. The fourth-order valence-corrected chi connectivity index (χ4v) is 5.81. The van der Waals surface area contributed by atoms with Crippen LogP contribution >= 0.6 is 11.6 Å². The predicted molar refractivity (Wildman–Crippen MR) is 175 cm³/mol. The molecule has 0 saturated carbocycles. The standard InChI is InChI=1S/C35H32ClN3O4/c1-40-28-16-30(42-3)32-25(21-8-6-5-7-9-21)19-38-34(32)24(28)14-15-37-18-27-29(41-2)17-31(43-4)33-26(20-39-35(27)33)22-10-12-23(36)13-11-22/h5-13,16-20,38-39H,14-15H2,1-4H3. The van der Waals surface area contributed by atoms with Crippen molar-refractivity contribution in [2.75, 3.05) is 35.0 Å². The van der Waals surface area contributed by atoms with Crippen LogP contribution in [-0.2, 0) is 6.42 Å². The van der Waals surface area contributed by atoms with Crippen LogP contribution in [0.1, 0.15) is 11.1 Å². The number of benzene rings is 4. The largest absolute Gasteiger partial charge is 0.496 e. The smallest absolute Gasteiger partial charge is 0.133 e. The summed E-state index contributed by atoms with van der Waals surface area (Å²) < 4.78 is 23.1. The number of aliphatic imine (C=N–C) groups is 1. The van der Waals surface area contributed by atoms with Gasteiger partial charge in [-0.2, -0.15) is 0 Å². The highest BCUT2D eigenvalue weighted by atomic mass is 35.5. The van der Waals surface area contributed by atoms with Crippen molar-refractivity contribution in [1.82, 2.24) is 9.97 Å². The second-order valence-electron chi connectivity index (χ2n) is 10.0. The third-order valence-electron chi connectivity index (χ3n) is 7.74. The Bertz CT molecular complexity index is 1930. The summed E-state index contributed by atoms with van der Waals surface area (Å²) in [5, 5.41) is 2.66. The van der Waals surface area contributed by atoms with Crippen LogP contribution in [0.5, 0.6) is 23.0 Å². The Morgan fingerprint density at radius 1 is 0.674 bits per heavy atom. The van der Waals surface area contributed by atoms with Crippen molar-refractivity contribution in [3.63, 3.8) is 0 Å². The predicted octanol–water partition coefficient (Wildman–Crippen LogP) is 8.33. The summed E-state index contributed by atoms with van der Waals surface area (Å²) in [5.74, 6) is 2.88. The molecule has 7 nitrogen and oxygen atoms in total. The van der Waals surface area contributed by atoms with Crippen LogP contribution in [0.25, 0.3) is 44.1 Å². The molecule has 0 aliphatic rings. The number of rotatable bonds is 10. The number of hydrogen-bond donors (Lipinski definition) is 2. The molecule has 0 spiro atoms. The highest BCUT2D eigenvalue weighted by molar-refractivity contribution is 6.30.